The first kappa shape index (κ1) is 24.5. The van der Waals surface area contributed by atoms with Gasteiger partial charge in [0.1, 0.15) is 6.10 Å². The van der Waals surface area contributed by atoms with Crippen LogP contribution in [0.1, 0.15) is 129 Å². The average Bonchev–Trinajstić information content (AvgIpc) is 2.65. The van der Waals surface area contributed by atoms with Crippen molar-refractivity contribution in [1.29, 1.82) is 0 Å². The maximum atomic E-state index is 11.6. The van der Waals surface area contributed by atoms with Crippen molar-refractivity contribution in [3.05, 3.63) is 0 Å². The monoisotopic (exact) mass is 382 g/mol. The van der Waals surface area contributed by atoms with Crippen LogP contribution in [-0.2, 0) is 9.53 Å². The number of unbranched alkanes of at least 4 members (excludes halogenated alkanes) is 13. The van der Waals surface area contributed by atoms with Gasteiger partial charge in [-0.25, -0.2) is 0 Å². The second kappa shape index (κ2) is 16.4. The van der Waals surface area contributed by atoms with Crippen molar-refractivity contribution in [3.63, 3.8) is 0 Å². The Kier molecular flexibility index (Phi) is 14.9. The molecule has 3 nitrogen and oxygen atoms in total. The maximum absolute atomic E-state index is 11.6. The molecule has 0 amide bonds. The van der Waals surface area contributed by atoms with E-state index in [0.29, 0.717) is 6.42 Å². The molecule has 0 aliphatic carbocycles. The van der Waals surface area contributed by atoms with Gasteiger partial charge in [-0.3, -0.25) is 4.79 Å². The number of ether oxygens (including phenoxy) is 1. The molecule has 0 aromatic heterocycles. The average molecular weight is 383 g/mol. The van der Waals surface area contributed by atoms with Gasteiger partial charge in [-0.05, 0) is 12.8 Å². The number of esters is 1. The molecule has 1 heterocycles. The standard InChI is InChI=1S/C24H46O3/c1-3-5-7-9-10-11-12-13-14-15-16-18-21(25)20-23-22(24(26)27-23)19-17-8-6-4-2/h21-23,25H,3-20H2,1-2H3/t21-,22+,23+/m1/s1. The largest absolute Gasteiger partial charge is 0.461 e. The second-order valence-electron chi connectivity index (χ2n) is 8.64. The molecule has 1 saturated heterocycles. The number of aliphatic hydroxyl groups excluding tert-OH is 1. The van der Waals surface area contributed by atoms with Crippen LogP contribution >= 0.6 is 0 Å². The van der Waals surface area contributed by atoms with E-state index in [-0.39, 0.29) is 24.1 Å². The first-order valence-corrected chi connectivity index (χ1v) is 12.1. The predicted octanol–water partition coefficient (Wildman–Crippen LogP) is 6.95. The summed E-state index contributed by atoms with van der Waals surface area (Å²) in [5.41, 5.74) is 0. The summed E-state index contributed by atoms with van der Waals surface area (Å²) in [5.74, 6) is 0.00669. The third-order valence-corrected chi connectivity index (χ3v) is 6.03. The topological polar surface area (TPSA) is 46.5 Å². The quantitative estimate of drug-likeness (QED) is 0.194. The molecule has 1 fully saturated rings. The Balaban J connectivity index is 1.93. The molecule has 0 aromatic rings. The highest BCUT2D eigenvalue weighted by Crippen LogP contribution is 2.31. The van der Waals surface area contributed by atoms with Gasteiger partial charge < -0.3 is 9.84 Å². The fourth-order valence-electron chi connectivity index (χ4n) is 4.14. The third kappa shape index (κ3) is 11.8. The Hall–Kier alpha value is -0.570. The number of rotatable bonds is 19. The molecular formula is C24H46O3. The number of carbonyl (C=O) groups excluding carboxylic acids is 1. The fraction of sp³-hybridized carbons (Fsp3) is 0.958. The molecule has 0 bridgehead atoms. The first-order chi connectivity index (χ1) is 13.2. The van der Waals surface area contributed by atoms with Crippen molar-refractivity contribution >= 4 is 5.97 Å². The molecule has 0 saturated carbocycles. The zero-order chi connectivity index (χ0) is 19.7. The summed E-state index contributed by atoms with van der Waals surface area (Å²) in [4.78, 5) is 11.6. The summed E-state index contributed by atoms with van der Waals surface area (Å²) >= 11 is 0. The van der Waals surface area contributed by atoms with Crippen LogP contribution in [0.3, 0.4) is 0 Å². The van der Waals surface area contributed by atoms with Crippen molar-refractivity contribution in [2.45, 2.75) is 142 Å². The van der Waals surface area contributed by atoms with Crippen molar-refractivity contribution in [1.82, 2.24) is 0 Å². The Labute approximate surface area is 168 Å². The number of hydrogen-bond donors (Lipinski definition) is 1. The molecular weight excluding hydrogens is 336 g/mol. The van der Waals surface area contributed by atoms with Crippen LogP contribution in [0, 0.1) is 5.92 Å². The molecule has 0 aromatic carbocycles. The minimum absolute atomic E-state index is 0.0261. The highest BCUT2D eigenvalue weighted by molar-refractivity contribution is 5.78. The van der Waals surface area contributed by atoms with Gasteiger partial charge >= 0.3 is 5.97 Å². The Morgan fingerprint density at radius 3 is 1.78 bits per heavy atom. The molecule has 0 spiro atoms. The number of aliphatic hydroxyl groups is 1. The molecule has 160 valence electrons. The molecule has 0 radical (unpaired) electrons. The van der Waals surface area contributed by atoms with Crippen LogP contribution in [0.2, 0.25) is 0 Å². The van der Waals surface area contributed by atoms with E-state index in [0.717, 1.165) is 25.7 Å². The van der Waals surface area contributed by atoms with E-state index in [4.69, 9.17) is 4.74 Å². The predicted molar refractivity (Wildman–Crippen MR) is 114 cm³/mol. The minimum Gasteiger partial charge on any atom is -0.461 e. The molecule has 3 atom stereocenters. The van der Waals surface area contributed by atoms with E-state index in [1.54, 1.807) is 0 Å². The summed E-state index contributed by atoms with van der Waals surface area (Å²) in [6.45, 7) is 4.47. The van der Waals surface area contributed by atoms with Gasteiger partial charge in [0.05, 0.1) is 12.0 Å². The van der Waals surface area contributed by atoms with Crippen LogP contribution in [0.25, 0.3) is 0 Å². The van der Waals surface area contributed by atoms with Crippen molar-refractivity contribution in [2.24, 2.45) is 5.92 Å². The summed E-state index contributed by atoms with van der Waals surface area (Å²) < 4.78 is 5.29. The van der Waals surface area contributed by atoms with Crippen LogP contribution in [0.15, 0.2) is 0 Å². The van der Waals surface area contributed by atoms with Gasteiger partial charge in [0.15, 0.2) is 0 Å². The lowest BCUT2D eigenvalue weighted by Crippen LogP contribution is -2.46. The highest BCUT2D eigenvalue weighted by Gasteiger charge is 2.42. The van der Waals surface area contributed by atoms with Gasteiger partial charge in [-0.2, -0.15) is 0 Å². The van der Waals surface area contributed by atoms with Crippen LogP contribution in [-0.4, -0.2) is 23.3 Å². The molecule has 1 aliphatic rings. The number of cyclic esters (lactones) is 1. The molecule has 1 rings (SSSR count). The van der Waals surface area contributed by atoms with Crippen molar-refractivity contribution < 1.29 is 14.6 Å². The third-order valence-electron chi connectivity index (χ3n) is 6.03. The van der Waals surface area contributed by atoms with Gasteiger partial charge in [-0.1, -0.05) is 110 Å². The zero-order valence-corrected chi connectivity index (χ0v) is 18.2. The molecule has 3 heteroatoms. The van der Waals surface area contributed by atoms with Gasteiger partial charge in [0.25, 0.3) is 0 Å². The fourth-order valence-corrected chi connectivity index (χ4v) is 4.14. The lowest BCUT2D eigenvalue weighted by Gasteiger charge is -2.36. The lowest BCUT2D eigenvalue weighted by molar-refractivity contribution is -0.188. The van der Waals surface area contributed by atoms with E-state index >= 15 is 0 Å². The summed E-state index contributed by atoms with van der Waals surface area (Å²) in [6, 6.07) is 0. The van der Waals surface area contributed by atoms with Crippen LogP contribution in [0.4, 0.5) is 0 Å². The summed E-state index contributed by atoms with van der Waals surface area (Å²) in [5, 5.41) is 10.3. The number of hydrogen-bond acceptors (Lipinski definition) is 3. The van der Waals surface area contributed by atoms with Crippen molar-refractivity contribution in [2.75, 3.05) is 0 Å². The SMILES string of the molecule is CCCCCCCCCCCCC[C@@H](O)C[C@@H]1OC(=O)[C@H]1CCCCCC. The smallest absolute Gasteiger partial charge is 0.313 e. The van der Waals surface area contributed by atoms with Gasteiger partial charge in [0, 0.05) is 6.42 Å². The van der Waals surface area contributed by atoms with E-state index in [9.17, 15) is 9.90 Å². The second-order valence-corrected chi connectivity index (χ2v) is 8.64. The Bertz CT molecular complexity index is 356. The molecule has 27 heavy (non-hydrogen) atoms. The zero-order valence-electron chi connectivity index (χ0n) is 18.2. The van der Waals surface area contributed by atoms with E-state index in [1.165, 1.54) is 83.5 Å². The lowest BCUT2D eigenvalue weighted by atomic mass is 9.86. The summed E-state index contributed by atoms with van der Waals surface area (Å²) in [7, 11) is 0. The highest BCUT2D eigenvalue weighted by atomic mass is 16.6. The Morgan fingerprint density at radius 1 is 0.778 bits per heavy atom. The van der Waals surface area contributed by atoms with Crippen LogP contribution < -0.4 is 0 Å². The normalized spacial score (nSPS) is 20.3. The Morgan fingerprint density at radius 2 is 1.26 bits per heavy atom. The minimum atomic E-state index is -0.306. The van der Waals surface area contributed by atoms with E-state index < -0.39 is 0 Å². The first-order valence-electron chi connectivity index (χ1n) is 12.1. The molecule has 1 N–H and O–H groups in total. The molecule has 1 aliphatic heterocycles. The van der Waals surface area contributed by atoms with E-state index in [2.05, 4.69) is 13.8 Å². The van der Waals surface area contributed by atoms with Gasteiger partial charge in [0.2, 0.25) is 0 Å². The van der Waals surface area contributed by atoms with E-state index in [1.807, 2.05) is 0 Å². The van der Waals surface area contributed by atoms with Gasteiger partial charge in [-0.15, -0.1) is 0 Å². The summed E-state index contributed by atoms with van der Waals surface area (Å²) in [6.07, 6.45) is 21.5. The maximum Gasteiger partial charge on any atom is 0.313 e. The van der Waals surface area contributed by atoms with Crippen molar-refractivity contribution in [3.8, 4) is 0 Å². The number of carbonyl (C=O) groups is 1. The van der Waals surface area contributed by atoms with Crippen LogP contribution in [0.5, 0.6) is 0 Å². The molecule has 0 unspecified atom stereocenters.